The van der Waals surface area contributed by atoms with Gasteiger partial charge in [-0.1, -0.05) is 40.1 Å². The summed E-state index contributed by atoms with van der Waals surface area (Å²) in [5, 5.41) is 12.9. The maximum atomic E-state index is 12.5. The van der Waals surface area contributed by atoms with Crippen molar-refractivity contribution in [1.29, 1.82) is 0 Å². The smallest absolute Gasteiger partial charge is 0.383 e. The van der Waals surface area contributed by atoms with Crippen molar-refractivity contribution in [2.24, 2.45) is 0 Å². The van der Waals surface area contributed by atoms with Crippen molar-refractivity contribution in [3.05, 3.63) is 34.1 Å². The number of halogens is 4. The van der Waals surface area contributed by atoms with E-state index in [0.717, 1.165) is 10.0 Å². The number of aryl methyl sites for hydroxylation is 1. The zero-order valence-electron chi connectivity index (χ0n) is 11.1. The van der Waals surface area contributed by atoms with Gasteiger partial charge in [-0.05, 0) is 18.6 Å². The fourth-order valence-electron chi connectivity index (χ4n) is 1.69. The van der Waals surface area contributed by atoms with Crippen LogP contribution in [0.5, 0.6) is 0 Å². The van der Waals surface area contributed by atoms with Crippen LogP contribution in [0.3, 0.4) is 0 Å². The number of nitrogens with zero attached hydrogens (tertiary/aromatic N) is 2. The number of alkyl halides is 3. The lowest BCUT2D eigenvalue weighted by Gasteiger charge is -2.17. The fourth-order valence-corrected chi connectivity index (χ4v) is 2.07. The Balaban J connectivity index is 2.27. The van der Waals surface area contributed by atoms with E-state index >= 15 is 0 Å². The molecule has 2 unspecified atom stereocenters. The van der Waals surface area contributed by atoms with Crippen LogP contribution in [0.15, 0.2) is 27.2 Å². The molecule has 1 N–H and O–H groups in total. The van der Waals surface area contributed by atoms with Gasteiger partial charge in [-0.3, -0.25) is 0 Å². The average molecular weight is 365 g/mol. The minimum atomic E-state index is -4.74. The van der Waals surface area contributed by atoms with Crippen LogP contribution in [-0.2, 0) is 0 Å². The van der Waals surface area contributed by atoms with Crippen LogP contribution in [0.1, 0.15) is 24.3 Å². The average Bonchev–Trinajstić information content (AvgIpc) is 2.88. The number of hydrogen-bond donors (Lipinski definition) is 1. The van der Waals surface area contributed by atoms with E-state index in [2.05, 4.69) is 26.1 Å². The van der Waals surface area contributed by atoms with E-state index in [9.17, 15) is 18.3 Å². The molecule has 8 heteroatoms. The van der Waals surface area contributed by atoms with Gasteiger partial charge in [0.05, 0.1) is 5.92 Å². The zero-order valence-corrected chi connectivity index (χ0v) is 12.7. The second-order valence-corrected chi connectivity index (χ2v) is 5.55. The van der Waals surface area contributed by atoms with Gasteiger partial charge in [0.1, 0.15) is 0 Å². The summed E-state index contributed by atoms with van der Waals surface area (Å²) in [6.07, 6.45) is -7.28. The van der Waals surface area contributed by atoms with Crippen LogP contribution in [0.25, 0.3) is 11.4 Å². The Morgan fingerprint density at radius 2 is 2.00 bits per heavy atom. The molecule has 114 valence electrons. The first-order chi connectivity index (χ1) is 9.70. The van der Waals surface area contributed by atoms with Crippen molar-refractivity contribution < 1.29 is 22.8 Å². The van der Waals surface area contributed by atoms with Crippen molar-refractivity contribution >= 4 is 15.9 Å². The highest BCUT2D eigenvalue weighted by Gasteiger charge is 2.44. The minimum absolute atomic E-state index is 0.173. The van der Waals surface area contributed by atoms with Crippen molar-refractivity contribution in [2.45, 2.75) is 32.0 Å². The Hall–Kier alpha value is -1.41. The predicted octanol–water partition coefficient (Wildman–Crippen LogP) is 3.83. The summed E-state index contributed by atoms with van der Waals surface area (Å²) in [5.74, 6) is -1.42. The molecule has 0 saturated heterocycles. The molecule has 0 spiro atoms. The third-order valence-electron chi connectivity index (χ3n) is 3.07. The molecule has 0 radical (unpaired) electrons. The standard InChI is InChI=1S/C13H12BrF3N2O2/c1-6-3-4-8(5-9(6)14)11-18-12(21-19-11)7(2)10(20)13(15,16)17/h3-5,7,10,20H,1-2H3. The normalized spacial score (nSPS) is 15.0. The molecule has 2 aromatic rings. The Kier molecular flexibility index (Phi) is 4.38. The highest BCUT2D eigenvalue weighted by Crippen LogP contribution is 2.32. The van der Waals surface area contributed by atoms with Crippen LogP contribution in [0.2, 0.25) is 0 Å². The summed E-state index contributed by atoms with van der Waals surface area (Å²) in [5.41, 5.74) is 1.61. The number of aliphatic hydroxyl groups excluding tert-OH is 1. The lowest BCUT2D eigenvalue weighted by atomic mass is 10.0. The Labute approximate surface area is 127 Å². The largest absolute Gasteiger partial charge is 0.415 e. The van der Waals surface area contributed by atoms with E-state index in [0.29, 0.717) is 5.56 Å². The van der Waals surface area contributed by atoms with Crippen LogP contribution >= 0.6 is 15.9 Å². The highest BCUT2D eigenvalue weighted by molar-refractivity contribution is 9.10. The summed E-state index contributed by atoms with van der Waals surface area (Å²) < 4.78 is 43.1. The summed E-state index contributed by atoms with van der Waals surface area (Å²) >= 11 is 3.35. The molecule has 2 rings (SSSR count). The van der Waals surface area contributed by atoms with Crippen LogP contribution in [0.4, 0.5) is 13.2 Å². The van der Waals surface area contributed by atoms with Gasteiger partial charge in [-0.15, -0.1) is 0 Å². The molecule has 1 heterocycles. The zero-order chi connectivity index (χ0) is 15.8. The predicted molar refractivity (Wildman–Crippen MR) is 72.6 cm³/mol. The highest BCUT2D eigenvalue weighted by atomic mass is 79.9. The molecule has 1 aromatic heterocycles. The molecule has 0 saturated carbocycles. The van der Waals surface area contributed by atoms with Gasteiger partial charge in [-0.2, -0.15) is 18.2 Å². The maximum absolute atomic E-state index is 12.5. The van der Waals surface area contributed by atoms with Gasteiger partial charge in [0.25, 0.3) is 0 Å². The lowest BCUT2D eigenvalue weighted by Crippen LogP contribution is -2.33. The first-order valence-corrected chi connectivity index (χ1v) is 6.84. The molecule has 1 aromatic carbocycles. The Morgan fingerprint density at radius 3 is 2.57 bits per heavy atom. The van der Waals surface area contributed by atoms with E-state index in [4.69, 9.17) is 4.52 Å². The molecule has 21 heavy (non-hydrogen) atoms. The molecule has 4 nitrogen and oxygen atoms in total. The molecule has 0 aliphatic heterocycles. The maximum Gasteiger partial charge on any atom is 0.415 e. The van der Waals surface area contributed by atoms with Crippen molar-refractivity contribution in [1.82, 2.24) is 10.1 Å². The quantitative estimate of drug-likeness (QED) is 0.898. The minimum Gasteiger partial charge on any atom is -0.383 e. The van der Waals surface area contributed by atoms with Gasteiger partial charge in [0.15, 0.2) is 6.10 Å². The second kappa shape index (κ2) is 5.76. The Morgan fingerprint density at radius 1 is 1.33 bits per heavy atom. The van der Waals surface area contributed by atoms with E-state index < -0.39 is 18.2 Å². The number of aliphatic hydroxyl groups is 1. The van der Waals surface area contributed by atoms with Gasteiger partial charge in [-0.25, -0.2) is 0 Å². The molecule has 2 atom stereocenters. The monoisotopic (exact) mass is 364 g/mol. The lowest BCUT2D eigenvalue weighted by molar-refractivity contribution is -0.210. The van der Waals surface area contributed by atoms with E-state index in [1.165, 1.54) is 6.92 Å². The van der Waals surface area contributed by atoms with Gasteiger partial charge >= 0.3 is 6.18 Å². The van der Waals surface area contributed by atoms with Gasteiger partial charge in [0.2, 0.25) is 11.7 Å². The summed E-state index contributed by atoms with van der Waals surface area (Å²) in [6, 6.07) is 5.30. The number of aromatic nitrogens is 2. The number of hydrogen-bond acceptors (Lipinski definition) is 4. The Bertz CT molecular complexity index is 643. The first kappa shape index (κ1) is 16.0. The van der Waals surface area contributed by atoms with Crippen LogP contribution < -0.4 is 0 Å². The molecule has 0 fully saturated rings. The topological polar surface area (TPSA) is 59.2 Å². The number of rotatable bonds is 3. The summed E-state index contributed by atoms with van der Waals surface area (Å²) in [7, 11) is 0. The molecule has 0 aliphatic carbocycles. The SMILES string of the molecule is Cc1ccc(-c2noc(C(C)C(O)C(F)(F)F)n2)cc1Br. The van der Waals surface area contributed by atoms with E-state index in [-0.39, 0.29) is 11.7 Å². The third-order valence-corrected chi connectivity index (χ3v) is 3.92. The molecular formula is C13H12BrF3N2O2. The third kappa shape index (κ3) is 3.44. The fraction of sp³-hybridized carbons (Fsp3) is 0.385. The van der Waals surface area contributed by atoms with E-state index in [1.807, 2.05) is 13.0 Å². The van der Waals surface area contributed by atoms with Gasteiger partial charge < -0.3 is 9.63 Å². The van der Waals surface area contributed by atoms with E-state index in [1.54, 1.807) is 12.1 Å². The first-order valence-electron chi connectivity index (χ1n) is 6.05. The molecule has 0 bridgehead atoms. The van der Waals surface area contributed by atoms with Crippen LogP contribution in [-0.4, -0.2) is 27.5 Å². The molecule has 0 aliphatic rings. The van der Waals surface area contributed by atoms with Crippen LogP contribution in [0, 0.1) is 6.92 Å². The molecular weight excluding hydrogens is 353 g/mol. The molecule has 0 amide bonds. The van der Waals surface area contributed by atoms with Crippen molar-refractivity contribution in [3.63, 3.8) is 0 Å². The van der Waals surface area contributed by atoms with Crippen molar-refractivity contribution in [2.75, 3.05) is 0 Å². The number of benzene rings is 1. The summed E-state index contributed by atoms with van der Waals surface area (Å²) in [4.78, 5) is 3.93. The van der Waals surface area contributed by atoms with Gasteiger partial charge in [0, 0.05) is 10.0 Å². The van der Waals surface area contributed by atoms with Crippen molar-refractivity contribution in [3.8, 4) is 11.4 Å². The summed E-state index contributed by atoms with van der Waals surface area (Å²) in [6.45, 7) is 3.08. The second-order valence-electron chi connectivity index (χ2n) is 4.70.